The van der Waals surface area contributed by atoms with Gasteiger partial charge in [-0.2, -0.15) is 0 Å². The van der Waals surface area contributed by atoms with Crippen LogP contribution in [0.4, 0.5) is 0 Å². The Morgan fingerprint density at radius 3 is 2.76 bits per heavy atom. The third kappa shape index (κ3) is 4.46. The van der Waals surface area contributed by atoms with Gasteiger partial charge in [0.2, 0.25) is 11.8 Å². The molecule has 1 fully saturated rings. The molecule has 0 aromatic carbocycles. The van der Waals surface area contributed by atoms with Crippen molar-refractivity contribution in [1.82, 2.24) is 10.2 Å². The van der Waals surface area contributed by atoms with Crippen LogP contribution in [0.3, 0.4) is 0 Å². The van der Waals surface area contributed by atoms with Gasteiger partial charge in [0.1, 0.15) is 6.04 Å². The molecule has 1 saturated heterocycles. The Morgan fingerprint density at radius 2 is 2.18 bits per heavy atom. The molecule has 1 N–H and O–H groups in total. The first-order chi connectivity index (χ1) is 8.04. The summed E-state index contributed by atoms with van der Waals surface area (Å²) in [5, 5.41) is 2.72. The molecule has 98 valence electrons. The van der Waals surface area contributed by atoms with Crippen LogP contribution in [0.25, 0.3) is 0 Å². The molecule has 5 nitrogen and oxygen atoms in total. The van der Waals surface area contributed by atoms with E-state index in [1.807, 2.05) is 6.92 Å². The minimum atomic E-state index is -0.824. The number of rotatable bonds is 5. The molecular weight excluding hydrogens is 240 g/mol. The van der Waals surface area contributed by atoms with Crippen LogP contribution in [0.2, 0.25) is 0 Å². The average Bonchev–Trinajstić information content (AvgIpc) is 2.40. The van der Waals surface area contributed by atoms with Crippen LogP contribution in [-0.2, 0) is 20.4 Å². The summed E-state index contributed by atoms with van der Waals surface area (Å²) in [6.07, 6.45) is 3.35. The minimum absolute atomic E-state index is 0.0137. The third-order valence-corrected chi connectivity index (χ3v) is 3.69. The molecule has 1 heterocycles. The van der Waals surface area contributed by atoms with Gasteiger partial charge in [-0.3, -0.25) is 13.8 Å². The molecule has 17 heavy (non-hydrogen) atoms. The highest BCUT2D eigenvalue weighted by molar-refractivity contribution is 7.84. The van der Waals surface area contributed by atoms with Crippen LogP contribution in [0.1, 0.15) is 26.2 Å². The zero-order chi connectivity index (χ0) is 12.8. The summed E-state index contributed by atoms with van der Waals surface area (Å²) in [6.45, 7) is 2.94. The van der Waals surface area contributed by atoms with E-state index in [4.69, 9.17) is 0 Å². The Balaban J connectivity index is 2.54. The second-order valence-electron chi connectivity index (χ2n) is 4.23. The lowest BCUT2D eigenvalue weighted by Gasteiger charge is -2.23. The molecule has 2 unspecified atom stereocenters. The molecule has 6 heteroatoms. The molecule has 1 rings (SSSR count). The van der Waals surface area contributed by atoms with Gasteiger partial charge in [0.05, 0.1) is 0 Å². The second kappa shape index (κ2) is 6.74. The van der Waals surface area contributed by atoms with Crippen molar-refractivity contribution >= 4 is 22.6 Å². The van der Waals surface area contributed by atoms with Crippen LogP contribution in [0.15, 0.2) is 0 Å². The standard InChI is InChI=1S/C11H20N2O3S/c1-3-9-11(15)13(6-4-8-17(2)16)7-5-10(14)12-9/h9H,3-8H2,1-2H3,(H,12,14). The van der Waals surface area contributed by atoms with Gasteiger partial charge in [-0.1, -0.05) is 6.92 Å². The normalized spacial score (nSPS) is 23.2. The number of amides is 2. The Kier molecular flexibility index (Phi) is 5.61. The van der Waals surface area contributed by atoms with Crippen molar-refractivity contribution in [2.24, 2.45) is 0 Å². The summed E-state index contributed by atoms with van der Waals surface area (Å²) in [5.74, 6) is 0.522. The maximum absolute atomic E-state index is 12.0. The van der Waals surface area contributed by atoms with Gasteiger partial charge in [-0.05, 0) is 12.8 Å². The zero-order valence-electron chi connectivity index (χ0n) is 10.4. The van der Waals surface area contributed by atoms with Crippen LogP contribution >= 0.6 is 0 Å². The van der Waals surface area contributed by atoms with Gasteiger partial charge in [0.25, 0.3) is 0 Å². The van der Waals surface area contributed by atoms with Crippen molar-refractivity contribution in [3.05, 3.63) is 0 Å². The van der Waals surface area contributed by atoms with Crippen LogP contribution in [0, 0.1) is 0 Å². The van der Waals surface area contributed by atoms with Crippen molar-refractivity contribution in [3.8, 4) is 0 Å². The SMILES string of the molecule is CCC1NC(=O)CCN(CCCS(C)=O)C1=O. The van der Waals surface area contributed by atoms with Crippen LogP contribution in [-0.4, -0.2) is 52.1 Å². The predicted molar refractivity (Wildman–Crippen MR) is 67.0 cm³/mol. The molecule has 1 aliphatic heterocycles. The lowest BCUT2D eigenvalue weighted by molar-refractivity contribution is -0.133. The largest absolute Gasteiger partial charge is 0.344 e. The van der Waals surface area contributed by atoms with Crippen molar-refractivity contribution < 1.29 is 13.8 Å². The van der Waals surface area contributed by atoms with Crippen molar-refractivity contribution in [1.29, 1.82) is 0 Å². The molecule has 2 atom stereocenters. The second-order valence-corrected chi connectivity index (χ2v) is 5.79. The topological polar surface area (TPSA) is 66.5 Å². The first-order valence-corrected chi connectivity index (χ1v) is 7.65. The molecule has 1 aliphatic rings. The van der Waals surface area contributed by atoms with Gasteiger partial charge < -0.3 is 10.2 Å². The highest BCUT2D eigenvalue weighted by atomic mass is 32.2. The summed E-state index contributed by atoms with van der Waals surface area (Å²) < 4.78 is 10.9. The number of hydrogen-bond acceptors (Lipinski definition) is 3. The van der Waals surface area contributed by atoms with E-state index in [9.17, 15) is 13.8 Å². The fourth-order valence-electron chi connectivity index (χ4n) is 1.85. The van der Waals surface area contributed by atoms with Gasteiger partial charge in [0.15, 0.2) is 0 Å². The molecule has 0 saturated carbocycles. The Hall–Kier alpha value is -0.910. The van der Waals surface area contributed by atoms with E-state index in [1.54, 1.807) is 11.2 Å². The molecule has 0 bridgehead atoms. The lowest BCUT2D eigenvalue weighted by atomic mass is 10.2. The highest BCUT2D eigenvalue weighted by Gasteiger charge is 2.27. The van der Waals surface area contributed by atoms with Gasteiger partial charge in [-0.25, -0.2) is 0 Å². The summed E-state index contributed by atoms with van der Waals surface area (Å²) >= 11 is 0. The van der Waals surface area contributed by atoms with Crippen LogP contribution in [0.5, 0.6) is 0 Å². The maximum Gasteiger partial charge on any atom is 0.245 e. The molecular formula is C11H20N2O3S. The smallest absolute Gasteiger partial charge is 0.245 e. The van der Waals surface area contributed by atoms with Crippen molar-refractivity contribution in [2.75, 3.05) is 25.1 Å². The van der Waals surface area contributed by atoms with Crippen LogP contribution < -0.4 is 5.32 Å². The molecule has 0 aliphatic carbocycles. The van der Waals surface area contributed by atoms with Gasteiger partial charge >= 0.3 is 0 Å². The molecule has 0 radical (unpaired) electrons. The Morgan fingerprint density at radius 1 is 1.47 bits per heavy atom. The summed E-state index contributed by atoms with van der Waals surface area (Å²) in [6, 6.07) is -0.392. The van der Waals surface area contributed by atoms with Crippen molar-refractivity contribution in [3.63, 3.8) is 0 Å². The van der Waals surface area contributed by atoms with Crippen molar-refractivity contribution in [2.45, 2.75) is 32.2 Å². The highest BCUT2D eigenvalue weighted by Crippen LogP contribution is 2.07. The number of hydrogen-bond donors (Lipinski definition) is 1. The predicted octanol–water partition coefficient (Wildman–Crippen LogP) is -0.118. The summed E-state index contributed by atoms with van der Waals surface area (Å²) in [7, 11) is -0.824. The van der Waals surface area contributed by atoms with E-state index < -0.39 is 16.8 Å². The Labute approximate surface area is 104 Å². The zero-order valence-corrected chi connectivity index (χ0v) is 11.2. The Bertz CT molecular complexity index is 320. The van der Waals surface area contributed by atoms with Gasteiger partial charge in [-0.15, -0.1) is 0 Å². The fourth-order valence-corrected chi connectivity index (χ4v) is 2.39. The summed E-state index contributed by atoms with van der Waals surface area (Å²) in [5.41, 5.74) is 0. The van der Waals surface area contributed by atoms with E-state index >= 15 is 0 Å². The number of nitrogens with one attached hydrogen (secondary N) is 1. The first kappa shape index (κ1) is 14.2. The van der Waals surface area contributed by atoms with E-state index in [0.717, 1.165) is 6.42 Å². The number of carbonyl (C=O) groups excluding carboxylic acids is 2. The molecule has 0 aromatic heterocycles. The monoisotopic (exact) mass is 260 g/mol. The van der Waals surface area contributed by atoms with Gasteiger partial charge in [0, 0.05) is 42.3 Å². The van der Waals surface area contributed by atoms with E-state index in [-0.39, 0.29) is 11.8 Å². The van der Waals surface area contributed by atoms with E-state index in [1.165, 1.54) is 0 Å². The molecule has 0 spiro atoms. The maximum atomic E-state index is 12.0. The third-order valence-electron chi connectivity index (χ3n) is 2.82. The summed E-state index contributed by atoms with van der Waals surface area (Å²) in [4.78, 5) is 25.1. The molecule has 2 amide bonds. The first-order valence-electron chi connectivity index (χ1n) is 5.92. The molecule has 0 aromatic rings. The number of nitrogens with zero attached hydrogens (tertiary/aromatic N) is 1. The number of carbonyl (C=O) groups is 2. The quantitative estimate of drug-likeness (QED) is 0.749. The van der Waals surface area contributed by atoms with E-state index in [2.05, 4.69) is 5.32 Å². The van der Waals surface area contributed by atoms with E-state index in [0.29, 0.717) is 31.7 Å². The fraction of sp³-hybridized carbons (Fsp3) is 0.818. The lowest BCUT2D eigenvalue weighted by Crippen LogP contribution is -2.44. The average molecular weight is 260 g/mol. The minimum Gasteiger partial charge on any atom is -0.344 e.